The molecule has 1 aromatic carbocycles. The highest BCUT2D eigenvalue weighted by molar-refractivity contribution is 8.26. The highest BCUT2D eigenvalue weighted by atomic mass is 35.5. The van der Waals surface area contributed by atoms with Crippen molar-refractivity contribution in [2.45, 2.75) is 0 Å². The van der Waals surface area contributed by atoms with Crippen LogP contribution in [0.4, 0.5) is 5.69 Å². The number of halogens is 1. The zero-order valence-corrected chi connectivity index (χ0v) is 15.4. The SMILES string of the molecule is CN1C(=O)/C(=C/c2ccc(C(=O)Nc3ccncc3Cl)cc2)SC1=S. The third kappa shape index (κ3) is 3.89. The van der Waals surface area contributed by atoms with Crippen LogP contribution < -0.4 is 5.32 Å². The predicted molar refractivity (Wildman–Crippen MR) is 105 cm³/mol. The molecule has 0 atom stereocenters. The van der Waals surface area contributed by atoms with Gasteiger partial charge in [-0.15, -0.1) is 0 Å². The van der Waals surface area contributed by atoms with E-state index in [0.29, 0.717) is 25.5 Å². The molecule has 2 amide bonds. The zero-order chi connectivity index (χ0) is 18.0. The van der Waals surface area contributed by atoms with Crippen molar-refractivity contribution in [1.82, 2.24) is 9.88 Å². The van der Waals surface area contributed by atoms with Gasteiger partial charge in [0.25, 0.3) is 11.8 Å². The quantitative estimate of drug-likeness (QED) is 0.638. The molecule has 1 aromatic heterocycles. The molecule has 1 N–H and O–H groups in total. The van der Waals surface area contributed by atoms with Crippen LogP contribution in [0.2, 0.25) is 5.02 Å². The van der Waals surface area contributed by atoms with Crippen molar-refractivity contribution in [3.63, 3.8) is 0 Å². The van der Waals surface area contributed by atoms with Gasteiger partial charge in [-0.05, 0) is 29.8 Å². The van der Waals surface area contributed by atoms with E-state index in [-0.39, 0.29) is 11.8 Å². The van der Waals surface area contributed by atoms with Crippen molar-refractivity contribution in [2.24, 2.45) is 0 Å². The summed E-state index contributed by atoms with van der Waals surface area (Å²) in [4.78, 5) is 30.1. The maximum Gasteiger partial charge on any atom is 0.265 e. The molecular weight excluding hydrogens is 378 g/mol. The molecular formula is C17H12ClN3O2S2. The van der Waals surface area contributed by atoms with Crippen LogP contribution >= 0.6 is 35.6 Å². The molecule has 0 spiro atoms. The Labute approximate surface area is 159 Å². The van der Waals surface area contributed by atoms with E-state index >= 15 is 0 Å². The number of benzene rings is 1. The molecule has 2 aromatic rings. The minimum absolute atomic E-state index is 0.121. The second-order valence-electron chi connectivity index (χ2n) is 5.17. The van der Waals surface area contributed by atoms with Gasteiger partial charge < -0.3 is 5.32 Å². The van der Waals surface area contributed by atoms with E-state index in [9.17, 15) is 9.59 Å². The second kappa shape index (κ2) is 7.35. The van der Waals surface area contributed by atoms with Crippen LogP contribution in [-0.2, 0) is 4.79 Å². The van der Waals surface area contributed by atoms with Gasteiger partial charge in [-0.1, -0.05) is 47.7 Å². The first kappa shape index (κ1) is 17.6. The van der Waals surface area contributed by atoms with Crippen LogP contribution in [0.25, 0.3) is 6.08 Å². The van der Waals surface area contributed by atoms with Gasteiger partial charge in [0.1, 0.15) is 4.32 Å². The number of hydrogen-bond donors (Lipinski definition) is 1. The Bertz CT molecular complexity index is 897. The fraction of sp³-hybridized carbons (Fsp3) is 0.0588. The number of anilines is 1. The molecule has 1 aliphatic heterocycles. The first-order valence-corrected chi connectivity index (χ1v) is 8.78. The van der Waals surface area contributed by atoms with Gasteiger partial charge >= 0.3 is 0 Å². The third-order valence-electron chi connectivity index (χ3n) is 3.48. The first-order chi connectivity index (χ1) is 12.0. The van der Waals surface area contributed by atoms with Gasteiger partial charge in [0, 0.05) is 25.0 Å². The van der Waals surface area contributed by atoms with E-state index in [1.165, 1.54) is 22.9 Å². The van der Waals surface area contributed by atoms with Crippen molar-refractivity contribution in [3.05, 3.63) is 63.8 Å². The average molecular weight is 390 g/mol. The van der Waals surface area contributed by atoms with Crippen molar-refractivity contribution in [2.75, 3.05) is 12.4 Å². The van der Waals surface area contributed by atoms with E-state index in [1.54, 1.807) is 49.7 Å². The molecule has 2 heterocycles. The molecule has 8 heteroatoms. The number of nitrogens with one attached hydrogen (secondary N) is 1. The Balaban J connectivity index is 1.74. The number of amides is 2. The molecule has 0 radical (unpaired) electrons. The number of carbonyl (C=O) groups excluding carboxylic acids is 2. The number of aromatic nitrogens is 1. The molecule has 0 aliphatic carbocycles. The van der Waals surface area contributed by atoms with Gasteiger partial charge in [0.2, 0.25) is 0 Å². The molecule has 0 unspecified atom stereocenters. The van der Waals surface area contributed by atoms with Gasteiger partial charge in [0.15, 0.2) is 0 Å². The highest BCUT2D eigenvalue weighted by Gasteiger charge is 2.28. The van der Waals surface area contributed by atoms with Crippen LogP contribution in [0.5, 0.6) is 0 Å². The van der Waals surface area contributed by atoms with Crippen LogP contribution in [0.15, 0.2) is 47.6 Å². The first-order valence-electron chi connectivity index (χ1n) is 7.18. The van der Waals surface area contributed by atoms with Crippen molar-refractivity contribution < 1.29 is 9.59 Å². The standard InChI is InChI=1S/C17H12ClN3O2S2/c1-21-16(23)14(25-17(21)24)8-10-2-4-11(5-3-10)15(22)20-13-6-7-19-9-12(13)18/h2-9H,1H3,(H,19,20,22)/b14-8-. The van der Waals surface area contributed by atoms with Crippen LogP contribution in [0.1, 0.15) is 15.9 Å². The lowest BCUT2D eigenvalue weighted by Crippen LogP contribution is -2.22. The lowest BCUT2D eigenvalue weighted by atomic mass is 10.1. The van der Waals surface area contributed by atoms with Crippen LogP contribution in [0, 0.1) is 0 Å². The topological polar surface area (TPSA) is 62.3 Å². The summed E-state index contributed by atoms with van der Waals surface area (Å²) in [7, 11) is 1.65. The summed E-state index contributed by atoms with van der Waals surface area (Å²) in [5.74, 6) is -0.399. The maximum absolute atomic E-state index is 12.3. The van der Waals surface area contributed by atoms with Gasteiger partial charge in [0.05, 0.1) is 15.6 Å². The Morgan fingerprint density at radius 3 is 2.64 bits per heavy atom. The Morgan fingerprint density at radius 2 is 2.04 bits per heavy atom. The molecule has 25 heavy (non-hydrogen) atoms. The van der Waals surface area contributed by atoms with Gasteiger partial charge in [-0.25, -0.2) is 0 Å². The van der Waals surface area contributed by atoms with Crippen LogP contribution in [-0.4, -0.2) is 33.1 Å². The number of thioether (sulfide) groups is 1. The summed E-state index contributed by atoms with van der Waals surface area (Å²) < 4.78 is 0.529. The fourth-order valence-electron chi connectivity index (χ4n) is 2.10. The zero-order valence-electron chi connectivity index (χ0n) is 13.0. The van der Waals surface area contributed by atoms with Crippen molar-refractivity contribution in [3.8, 4) is 0 Å². The largest absolute Gasteiger partial charge is 0.321 e. The number of pyridine rings is 1. The maximum atomic E-state index is 12.3. The molecule has 0 bridgehead atoms. The number of rotatable bonds is 3. The Kier molecular flexibility index (Phi) is 5.17. The van der Waals surface area contributed by atoms with E-state index in [4.69, 9.17) is 23.8 Å². The van der Waals surface area contributed by atoms with E-state index in [1.807, 2.05) is 0 Å². The molecule has 126 valence electrons. The summed E-state index contributed by atoms with van der Waals surface area (Å²) in [5.41, 5.74) is 1.79. The average Bonchev–Trinajstić information content (AvgIpc) is 2.84. The predicted octanol–water partition coefficient (Wildman–Crippen LogP) is 3.82. The Morgan fingerprint density at radius 1 is 1.32 bits per heavy atom. The van der Waals surface area contributed by atoms with E-state index < -0.39 is 0 Å². The summed E-state index contributed by atoms with van der Waals surface area (Å²) in [6.45, 7) is 0. The van der Waals surface area contributed by atoms with Crippen LogP contribution in [0.3, 0.4) is 0 Å². The molecule has 1 saturated heterocycles. The third-order valence-corrected chi connectivity index (χ3v) is 5.26. The molecule has 5 nitrogen and oxygen atoms in total. The molecule has 1 fully saturated rings. The normalized spacial score (nSPS) is 15.8. The number of likely N-dealkylation sites (N-methyl/N-ethyl adjacent to an activating group) is 1. The second-order valence-corrected chi connectivity index (χ2v) is 7.26. The minimum atomic E-state index is -0.278. The summed E-state index contributed by atoms with van der Waals surface area (Å²) in [6, 6.07) is 8.53. The molecule has 0 saturated carbocycles. The number of thiocarbonyl (C=S) groups is 1. The summed E-state index contributed by atoms with van der Waals surface area (Å²) >= 11 is 12.3. The van der Waals surface area contributed by atoms with E-state index in [2.05, 4.69) is 10.3 Å². The van der Waals surface area contributed by atoms with E-state index in [0.717, 1.165) is 5.56 Å². The summed E-state index contributed by atoms with van der Waals surface area (Å²) in [6.07, 6.45) is 4.77. The smallest absolute Gasteiger partial charge is 0.265 e. The van der Waals surface area contributed by atoms with Crippen molar-refractivity contribution in [1.29, 1.82) is 0 Å². The lowest BCUT2D eigenvalue weighted by Gasteiger charge is -2.07. The lowest BCUT2D eigenvalue weighted by molar-refractivity contribution is -0.121. The van der Waals surface area contributed by atoms with Gasteiger partial charge in [-0.3, -0.25) is 19.5 Å². The Hall–Kier alpha value is -2.22. The van der Waals surface area contributed by atoms with Gasteiger partial charge in [-0.2, -0.15) is 0 Å². The number of carbonyl (C=O) groups is 2. The fourth-order valence-corrected chi connectivity index (χ4v) is 3.44. The van der Waals surface area contributed by atoms with Crippen molar-refractivity contribution >= 4 is 63.5 Å². The monoisotopic (exact) mass is 389 g/mol. The summed E-state index contributed by atoms with van der Waals surface area (Å²) in [5, 5.41) is 3.10. The molecule has 1 aliphatic rings. The molecule has 3 rings (SSSR count). The minimum Gasteiger partial charge on any atom is -0.321 e. The highest BCUT2D eigenvalue weighted by Crippen LogP contribution is 2.31. The number of hydrogen-bond acceptors (Lipinski definition) is 5. The number of nitrogens with zero attached hydrogens (tertiary/aromatic N) is 2.